The zero-order valence-electron chi connectivity index (χ0n) is 11.3. The number of carboxylic acids is 1. The molecule has 8 nitrogen and oxygen atoms in total. The van der Waals surface area contributed by atoms with Crippen LogP contribution in [0.3, 0.4) is 0 Å². The van der Waals surface area contributed by atoms with Crippen LogP contribution in [0.5, 0.6) is 0 Å². The van der Waals surface area contributed by atoms with Crippen LogP contribution in [0.1, 0.15) is 20.3 Å². The molecule has 0 saturated carbocycles. The Kier molecular flexibility index (Phi) is 7.38. The lowest BCUT2D eigenvalue weighted by atomic mass is 10.2. The molecule has 3 N–H and O–H groups in total. The number of carbonyl (C=O) groups is 2. The lowest BCUT2D eigenvalue weighted by Crippen LogP contribution is -2.48. The maximum absolute atomic E-state index is 11.6. The summed E-state index contributed by atoms with van der Waals surface area (Å²) in [5.41, 5.74) is 0. The molecule has 19 heavy (non-hydrogen) atoms. The molecule has 0 aliphatic carbocycles. The lowest BCUT2D eigenvalue weighted by Gasteiger charge is -2.23. The molecule has 0 aliphatic heterocycles. The van der Waals surface area contributed by atoms with Gasteiger partial charge in [-0.05, 0) is 6.42 Å². The van der Waals surface area contributed by atoms with Crippen LogP contribution in [-0.4, -0.2) is 62.4 Å². The maximum Gasteiger partial charge on any atom is 0.326 e. The van der Waals surface area contributed by atoms with Gasteiger partial charge in [0, 0.05) is 20.1 Å². The molecule has 9 heteroatoms. The van der Waals surface area contributed by atoms with Crippen molar-refractivity contribution in [3.63, 3.8) is 0 Å². The zero-order chi connectivity index (χ0) is 15.1. The number of amides is 2. The van der Waals surface area contributed by atoms with Gasteiger partial charge in [-0.3, -0.25) is 0 Å². The molecule has 0 bridgehead atoms. The fourth-order valence-electron chi connectivity index (χ4n) is 1.46. The maximum atomic E-state index is 11.6. The van der Waals surface area contributed by atoms with Gasteiger partial charge in [0.05, 0.1) is 5.75 Å². The Morgan fingerprint density at radius 1 is 1.32 bits per heavy atom. The van der Waals surface area contributed by atoms with Gasteiger partial charge in [-0.15, -0.1) is 0 Å². The number of nitrogens with one attached hydrogen (secondary N) is 2. The fraction of sp³-hybridized carbons (Fsp3) is 0.800. The third-order valence-electron chi connectivity index (χ3n) is 2.47. The fourth-order valence-corrected chi connectivity index (χ4v) is 2.42. The summed E-state index contributed by atoms with van der Waals surface area (Å²) in [6.07, 6.45) is 0.273. The van der Waals surface area contributed by atoms with Crippen LogP contribution in [0.2, 0.25) is 0 Å². The highest BCUT2D eigenvalue weighted by Gasteiger charge is 2.24. The summed E-state index contributed by atoms with van der Waals surface area (Å²) in [5.74, 6) is -1.34. The molecular formula is C10H21N3O5S. The van der Waals surface area contributed by atoms with Gasteiger partial charge >= 0.3 is 12.0 Å². The minimum atomic E-state index is -3.39. The molecule has 0 rings (SSSR count). The van der Waals surface area contributed by atoms with E-state index in [4.69, 9.17) is 5.11 Å². The zero-order valence-corrected chi connectivity index (χ0v) is 12.2. The number of sulfonamides is 1. The predicted octanol–water partition coefficient (Wildman–Crippen LogP) is -0.570. The van der Waals surface area contributed by atoms with E-state index in [0.29, 0.717) is 0 Å². The molecule has 0 aromatic heterocycles. The number of nitrogens with zero attached hydrogens (tertiary/aromatic N) is 1. The van der Waals surface area contributed by atoms with E-state index in [1.54, 1.807) is 13.8 Å². The van der Waals surface area contributed by atoms with Gasteiger partial charge in [-0.1, -0.05) is 13.8 Å². The molecule has 112 valence electrons. The highest BCUT2D eigenvalue weighted by atomic mass is 32.2. The van der Waals surface area contributed by atoms with E-state index in [1.165, 1.54) is 7.05 Å². The monoisotopic (exact) mass is 295 g/mol. The SMILES string of the molecule is CCNS(=O)(=O)CCNC(=O)N(C)C(CC)C(=O)O. The molecule has 0 radical (unpaired) electrons. The molecule has 1 unspecified atom stereocenters. The largest absolute Gasteiger partial charge is 0.480 e. The molecule has 0 aliphatic rings. The van der Waals surface area contributed by atoms with Gasteiger partial charge in [-0.2, -0.15) is 0 Å². The van der Waals surface area contributed by atoms with Gasteiger partial charge in [-0.25, -0.2) is 22.7 Å². The number of urea groups is 1. The van der Waals surface area contributed by atoms with Crippen molar-refractivity contribution in [2.24, 2.45) is 0 Å². The van der Waals surface area contributed by atoms with Gasteiger partial charge in [0.15, 0.2) is 0 Å². The molecule has 0 fully saturated rings. The Labute approximate surface area is 113 Å². The third-order valence-corrected chi connectivity index (χ3v) is 3.94. The molecular weight excluding hydrogens is 274 g/mol. The van der Waals surface area contributed by atoms with Crippen LogP contribution in [0.25, 0.3) is 0 Å². The number of likely N-dealkylation sites (N-methyl/N-ethyl adjacent to an activating group) is 1. The normalized spacial score (nSPS) is 12.8. The van der Waals surface area contributed by atoms with Crippen molar-refractivity contribution in [3.8, 4) is 0 Å². The van der Waals surface area contributed by atoms with Crippen molar-refractivity contribution in [1.29, 1.82) is 0 Å². The number of aliphatic carboxylic acids is 1. The minimum Gasteiger partial charge on any atom is -0.480 e. The van der Waals surface area contributed by atoms with E-state index < -0.39 is 28.1 Å². The summed E-state index contributed by atoms with van der Waals surface area (Å²) in [7, 11) is -2.04. The van der Waals surface area contributed by atoms with E-state index >= 15 is 0 Å². The Balaban J connectivity index is 4.29. The molecule has 0 aromatic carbocycles. The minimum absolute atomic E-state index is 0.0748. The molecule has 1 atom stereocenters. The van der Waals surface area contributed by atoms with E-state index in [-0.39, 0.29) is 25.3 Å². The Morgan fingerprint density at radius 2 is 1.89 bits per heavy atom. The number of hydrogen-bond acceptors (Lipinski definition) is 4. The van der Waals surface area contributed by atoms with E-state index in [2.05, 4.69) is 10.0 Å². The van der Waals surface area contributed by atoms with Gasteiger partial charge < -0.3 is 15.3 Å². The smallest absolute Gasteiger partial charge is 0.326 e. The highest BCUT2D eigenvalue weighted by molar-refractivity contribution is 7.89. The van der Waals surface area contributed by atoms with Gasteiger partial charge in [0.2, 0.25) is 10.0 Å². The number of rotatable bonds is 8. The summed E-state index contributed by atoms with van der Waals surface area (Å²) < 4.78 is 24.9. The molecule has 0 aromatic rings. The van der Waals surface area contributed by atoms with E-state index in [0.717, 1.165) is 4.90 Å². The highest BCUT2D eigenvalue weighted by Crippen LogP contribution is 2.01. The summed E-state index contributed by atoms with van der Waals surface area (Å²) in [6, 6.07) is -1.54. The van der Waals surface area contributed by atoms with E-state index in [1.807, 2.05) is 0 Å². The Morgan fingerprint density at radius 3 is 2.32 bits per heavy atom. The van der Waals surface area contributed by atoms with Crippen LogP contribution < -0.4 is 10.0 Å². The van der Waals surface area contributed by atoms with Crippen molar-refractivity contribution in [2.75, 3.05) is 25.9 Å². The number of carbonyl (C=O) groups excluding carboxylic acids is 1. The quantitative estimate of drug-likeness (QED) is 0.554. The van der Waals surface area contributed by atoms with Crippen molar-refractivity contribution >= 4 is 22.0 Å². The topological polar surface area (TPSA) is 116 Å². The molecule has 2 amide bonds. The molecule has 0 spiro atoms. The summed E-state index contributed by atoms with van der Waals surface area (Å²) in [4.78, 5) is 23.5. The van der Waals surface area contributed by atoms with Crippen molar-refractivity contribution in [3.05, 3.63) is 0 Å². The summed E-state index contributed by atoms with van der Waals surface area (Å²) in [6.45, 7) is 3.52. The Bertz CT molecular complexity index is 409. The van der Waals surface area contributed by atoms with Crippen LogP contribution in [0, 0.1) is 0 Å². The second kappa shape index (κ2) is 7.95. The summed E-state index contributed by atoms with van der Waals surface area (Å²) in [5, 5.41) is 11.3. The van der Waals surface area contributed by atoms with Gasteiger partial charge in [0.1, 0.15) is 6.04 Å². The lowest BCUT2D eigenvalue weighted by molar-refractivity contribution is -0.141. The first kappa shape index (κ1) is 17.6. The average Bonchev–Trinajstić information content (AvgIpc) is 2.28. The van der Waals surface area contributed by atoms with E-state index in [9.17, 15) is 18.0 Å². The molecule has 0 saturated heterocycles. The van der Waals surface area contributed by atoms with Crippen molar-refractivity contribution < 1.29 is 23.1 Å². The Hall–Kier alpha value is -1.35. The van der Waals surface area contributed by atoms with Crippen LogP contribution in [0.15, 0.2) is 0 Å². The first-order valence-electron chi connectivity index (χ1n) is 5.96. The number of carboxylic acid groups (broad SMARTS) is 1. The van der Waals surface area contributed by atoms with Crippen molar-refractivity contribution in [1.82, 2.24) is 14.9 Å². The van der Waals surface area contributed by atoms with Crippen LogP contribution >= 0.6 is 0 Å². The third kappa shape index (κ3) is 6.39. The predicted molar refractivity (Wildman–Crippen MR) is 70.3 cm³/mol. The standard InChI is InChI=1S/C10H21N3O5S/c1-4-8(9(14)15)13(3)10(16)11-6-7-19(17,18)12-5-2/h8,12H,4-7H2,1-3H3,(H,11,16)(H,14,15). The molecule has 0 heterocycles. The second-order valence-corrected chi connectivity index (χ2v) is 5.85. The first-order chi connectivity index (χ1) is 8.75. The first-order valence-corrected chi connectivity index (χ1v) is 7.61. The number of hydrogen-bond donors (Lipinski definition) is 3. The van der Waals surface area contributed by atoms with Crippen LogP contribution in [-0.2, 0) is 14.8 Å². The summed E-state index contributed by atoms with van der Waals surface area (Å²) >= 11 is 0. The van der Waals surface area contributed by atoms with Crippen LogP contribution in [0.4, 0.5) is 4.79 Å². The van der Waals surface area contributed by atoms with Crippen molar-refractivity contribution in [2.45, 2.75) is 26.3 Å². The second-order valence-electron chi connectivity index (χ2n) is 3.92. The van der Waals surface area contributed by atoms with Gasteiger partial charge in [0.25, 0.3) is 0 Å². The average molecular weight is 295 g/mol.